The molecule has 0 fully saturated rings. The van der Waals surface area contributed by atoms with Gasteiger partial charge in [-0.1, -0.05) is 0 Å². The zero-order valence-corrected chi connectivity index (χ0v) is 7.66. The van der Waals surface area contributed by atoms with Crippen molar-refractivity contribution in [3.63, 3.8) is 0 Å². The zero-order valence-electron chi connectivity index (χ0n) is 2.81. The first kappa shape index (κ1) is 15.7. The average Bonchev–Trinajstić information content (AvgIpc) is 0.811. The minimum Gasteiger partial charge on any atom is -0.328 e. The SMILES string of the molecule is OP(O)O.[Ni].[Zn]. The maximum atomic E-state index is 7.23. The predicted octanol–water partition coefficient (Wildman–Crippen LogP) is -0.815. The van der Waals surface area contributed by atoms with Gasteiger partial charge < -0.3 is 14.7 Å². The summed E-state index contributed by atoms with van der Waals surface area (Å²) >= 11 is 0. The predicted molar refractivity (Wildman–Crippen MR) is 13.6 cm³/mol. The Morgan fingerprint density at radius 1 is 1.00 bits per heavy atom. The van der Waals surface area contributed by atoms with Crippen molar-refractivity contribution in [1.82, 2.24) is 0 Å². The van der Waals surface area contributed by atoms with E-state index in [0.717, 1.165) is 0 Å². The van der Waals surface area contributed by atoms with Gasteiger partial charge in [-0.2, -0.15) is 0 Å². The molecule has 6 heavy (non-hydrogen) atoms. The molecular formula is H3NiO3PZn. The van der Waals surface area contributed by atoms with Gasteiger partial charge in [-0.25, -0.2) is 0 Å². The van der Waals surface area contributed by atoms with Crippen molar-refractivity contribution in [2.45, 2.75) is 0 Å². The molecule has 3 nitrogen and oxygen atoms in total. The molecule has 0 radical (unpaired) electrons. The maximum absolute atomic E-state index is 7.23. The molecule has 0 aromatic rings. The Morgan fingerprint density at radius 3 is 1.00 bits per heavy atom. The molecule has 0 heterocycles. The Kier molecular flexibility index (Phi) is 25.2. The van der Waals surface area contributed by atoms with Crippen LogP contribution in [0.4, 0.5) is 0 Å². The first-order valence-corrected chi connectivity index (χ1v) is 1.80. The molecule has 0 atom stereocenters. The molecule has 0 bridgehead atoms. The van der Waals surface area contributed by atoms with Crippen LogP contribution in [0.25, 0.3) is 0 Å². The van der Waals surface area contributed by atoms with Crippen molar-refractivity contribution in [2.75, 3.05) is 0 Å². The summed E-state index contributed by atoms with van der Waals surface area (Å²) in [5.74, 6) is 0. The van der Waals surface area contributed by atoms with Gasteiger partial charge >= 0.3 is 8.60 Å². The molecule has 0 saturated heterocycles. The van der Waals surface area contributed by atoms with Gasteiger partial charge in [-0.15, -0.1) is 0 Å². The van der Waals surface area contributed by atoms with Crippen LogP contribution in [0.2, 0.25) is 0 Å². The van der Waals surface area contributed by atoms with Gasteiger partial charge in [0.2, 0.25) is 0 Å². The second-order valence-electron chi connectivity index (χ2n) is 0.268. The van der Waals surface area contributed by atoms with Crippen LogP contribution in [0, 0.1) is 0 Å². The van der Waals surface area contributed by atoms with E-state index in [-0.39, 0.29) is 36.0 Å². The molecule has 6 heteroatoms. The van der Waals surface area contributed by atoms with E-state index in [1.807, 2.05) is 0 Å². The van der Waals surface area contributed by atoms with Gasteiger partial charge in [0, 0.05) is 36.0 Å². The van der Waals surface area contributed by atoms with Crippen LogP contribution < -0.4 is 0 Å². The summed E-state index contributed by atoms with van der Waals surface area (Å²) in [6.45, 7) is 0. The van der Waals surface area contributed by atoms with Crippen molar-refractivity contribution in [3.8, 4) is 0 Å². The van der Waals surface area contributed by atoms with Gasteiger partial charge in [-0.3, -0.25) is 0 Å². The second-order valence-corrected chi connectivity index (χ2v) is 0.805. The average molecular weight is 206 g/mol. The topological polar surface area (TPSA) is 60.7 Å². The van der Waals surface area contributed by atoms with Gasteiger partial charge in [-0.05, 0) is 0 Å². The standard InChI is InChI=1S/Ni.H3O3P.Zn/c;1-4(2)3;/h;1-3H;. The van der Waals surface area contributed by atoms with Crippen LogP contribution in [0.15, 0.2) is 0 Å². The van der Waals surface area contributed by atoms with Crippen LogP contribution in [-0.4, -0.2) is 14.7 Å². The van der Waals surface area contributed by atoms with Crippen LogP contribution in [0.1, 0.15) is 0 Å². The van der Waals surface area contributed by atoms with Crippen molar-refractivity contribution < 1.29 is 50.6 Å². The molecule has 0 aliphatic heterocycles. The van der Waals surface area contributed by atoms with Gasteiger partial charge in [0.05, 0.1) is 0 Å². The molecule has 0 amide bonds. The van der Waals surface area contributed by atoms with Crippen LogP contribution >= 0.6 is 8.60 Å². The summed E-state index contributed by atoms with van der Waals surface area (Å²) in [4.78, 5) is 21.7. The largest absolute Gasteiger partial charge is 0.328 e. The van der Waals surface area contributed by atoms with Crippen molar-refractivity contribution >= 4 is 8.60 Å². The number of hydrogen-bond acceptors (Lipinski definition) is 3. The summed E-state index contributed by atoms with van der Waals surface area (Å²) < 4.78 is 0. The van der Waals surface area contributed by atoms with Crippen LogP contribution in [0.3, 0.4) is 0 Å². The fourth-order valence-electron chi connectivity index (χ4n) is 0. The van der Waals surface area contributed by atoms with Gasteiger partial charge in [0.15, 0.2) is 0 Å². The molecule has 0 aliphatic carbocycles. The van der Waals surface area contributed by atoms with Crippen molar-refractivity contribution in [2.24, 2.45) is 0 Å². The molecule has 3 N–H and O–H groups in total. The fourth-order valence-corrected chi connectivity index (χ4v) is 0. The Labute approximate surface area is 59.4 Å². The third-order valence-corrected chi connectivity index (χ3v) is 0. The second kappa shape index (κ2) is 9.66. The molecule has 0 aromatic carbocycles. The minimum atomic E-state index is -2.62. The smallest absolute Gasteiger partial charge is 0.324 e. The third kappa shape index (κ3) is 52.2. The van der Waals surface area contributed by atoms with E-state index >= 15 is 0 Å². The summed E-state index contributed by atoms with van der Waals surface area (Å²) in [5, 5.41) is 0. The normalized spacial score (nSPS) is 6.00. The summed E-state index contributed by atoms with van der Waals surface area (Å²) in [6, 6.07) is 0. The summed E-state index contributed by atoms with van der Waals surface area (Å²) in [5.41, 5.74) is 0. The Balaban J connectivity index is -0.0000000450. The molecule has 0 saturated carbocycles. The van der Waals surface area contributed by atoms with Crippen LogP contribution in [0.5, 0.6) is 0 Å². The molecule has 38 valence electrons. The van der Waals surface area contributed by atoms with E-state index in [2.05, 4.69) is 0 Å². The first-order valence-electron chi connectivity index (χ1n) is 0.600. The maximum Gasteiger partial charge on any atom is 0.324 e. The van der Waals surface area contributed by atoms with Gasteiger partial charge in [0.25, 0.3) is 0 Å². The third-order valence-electron chi connectivity index (χ3n) is 0. The van der Waals surface area contributed by atoms with Crippen molar-refractivity contribution in [3.05, 3.63) is 0 Å². The molecule has 0 rings (SSSR count). The molecular weight excluding hydrogens is 203 g/mol. The van der Waals surface area contributed by atoms with Crippen molar-refractivity contribution in [1.29, 1.82) is 0 Å². The molecule has 0 aliphatic rings. The quantitative estimate of drug-likeness (QED) is 0.358. The van der Waals surface area contributed by atoms with E-state index in [0.29, 0.717) is 0 Å². The number of hydrogen-bond donors (Lipinski definition) is 3. The Hall–Kier alpha value is 1.43. The Bertz CT molecular complexity index is 15.5. The van der Waals surface area contributed by atoms with E-state index in [1.165, 1.54) is 0 Å². The molecule has 0 aromatic heterocycles. The molecule has 0 spiro atoms. The Morgan fingerprint density at radius 2 is 1.00 bits per heavy atom. The summed E-state index contributed by atoms with van der Waals surface area (Å²) in [6.07, 6.45) is 0. The number of rotatable bonds is 0. The van der Waals surface area contributed by atoms with Crippen LogP contribution in [-0.2, 0) is 36.0 Å². The van der Waals surface area contributed by atoms with Gasteiger partial charge in [0.1, 0.15) is 0 Å². The minimum absolute atomic E-state index is 0. The monoisotopic (exact) mass is 204 g/mol. The fraction of sp³-hybridized carbons (Fsp3) is 0. The van der Waals surface area contributed by atoms with E-state index in [4.69, 9.17) is 14.7 Å². The zero-order chi connectivity index (χ0) is 3.58. The van der Waals surface area contributed by atoms with E-state index < -0.39 is 8.60 Å². The first-order chi connectivity index (χ1) is 1.73. The van der Waals surface area contributed by atoms with E-state index in [9.17, 15) is 0 Å². The summed E-state index contributed by atoms with van der Waals surface area (Å²) in [7, 11) is -2.62. The van der Waals surface area contributed by atoms with E-state index in [1.54, 1.807) is 0 Å². The molecule has 0 unspecified atom stereocenters.